The van der Waals surface area contributed by atoms with Crippen molar-refractivity contribution in [2.45, 2.75) is 54.4 Å². The maximum atomic E-state index is 10.4. The molecule has 0 saturated carbocycles. The molecule has 0 aliphatic carbocycles. The molecular weight excluding hydrogens is 228 g/mol. The van der Waals surface area contributed by atoms with Crippen molar-refractivity contribution in [2.24, 2.45) is 0 Å². The fraction of sp³-hybridized carbons (Fsp3) is 0.533. The SMILES string of the molecule is CC.CC.Cc1cc(CCC(=O)O)cc(C)c1O. The second-order valence-electron chi connectivity index (χ2n) is 3.47. The smallest absolute Gasteiger partial charge is 0.303 e. The van der Waals surface area contributed by atoms with Crippen molar-refractivity contribution in [1.29, 1.82) is 0 Å². The van der Waals surface area contributed by atoms with E-state index in [9.17, 15) is 9.90 Å². The minimum Gasteiger partial charge on any atom is -0.507 e. The van der Waals surface area contributed by atoms with Crippen LogP contribution in [0.2, 0.25) is 0 Å². The lowest BCUT2D eigenvalue weighted by Gasteiger charge is -2.06. The van der Waals surface area contributed by atoms with E-state index in [-0.39, 0.29) is 6.42 Å². The maximum absolute atomic E-state index is 10.4. The Morgan fingerprint density at radius 2 is 1.44 bits per heavy atom. The molecule has 0 amide bonds. The summed E-state index contributed by atoms with van der Waals surface area (Å²) in [4.78, 5) is 10.4. The quantitative estimate of drug-likeness (QED) is 0.854. The first-order chi connectivity index (χ1) is 8.50. The van der Waals surface area contributed by atoms with Crippen LogP contribution in [-0.4, -0.2) is 16.2 Å². The molecule has 2 N–H and O–H groups in total. The van der Waals surface area contributed by atoms with Crippen molar-refractivity contribution in [2.75, 3.05) is 0 Å². The van der Waals surface area contributed by atoms with Crippen molar-refractivity contribution >= 4 is 5.97 Å². The molecule has 0 fully saturated rings. The topological polar surface area (TPSA) is 57.5 Å². The number of benzene rings is 1. The molecule has 0 heterocycles. The third-order valence-electron chi connectivity index (χ3n) is 2.18. The highest BCUT2D eigenvalue weighted by Gasteiger charge is 2.04. The highest BCUT2D eigenvalue weighted by molar-refractivity contribution is 5.67. The molecule has 0 aliphatic rings. The van der Waals surface area contributed by atoms with E-state index in [4.69, 9.17) is 5.11 Å². The zero-order valence-electron chi connectivity index (χ0n) is 12.4. The molecule has 18 heavy (non-hydrogen) atoms. The molecular formula is C15H26O3. The largest absolute Gasteiger partial charge is 0.507 e. The molecule has 1 aromatic rings. The van der Waals surface area contributed by atoms with Gasteiger partial charge in [0.1, 0.15) is 5.75 Å². The summed E-state index contributed by atoms with van der Waals surface area (Å²) >= 11 is 0. The van der Waals surface area contributed by atoms with Gasteiger partial charge in [-0.15, -0.1) is 0 Å². The van der Waals surface area contributed by atoms with Gasteiger partial charge in [0.25, 0.3) is 0 Å². The Morgan fingerprint density at radius 3 is 1.78 bits per heavy atom. The Labute approximate surface area is 110 Å². The number of rotatable bonds is 3. The summed E-state index contributed by atoms with van der Waals surface area (Å²) in [6.45, 7) is 11.6. The number of aliphatic carboxylic acids is 1. The molecule has 0 aliphatic heterocycles. The number of aryl methyl sites for hydroxylation is 3. The van der Waals surface area contributed by atoms with E-state index in [0.29, 0.717) is 12.2 Å². The zero-order chi connectivity index (χ0) is 14.7. The Bertz CT molecular complexity index is 334. The summed E-state index contributed by atoms with van der Waals surface area (Å²) in [6.07, 6.45) is 0.640. The van der Waals surface area contributed by atoms with Crippen molar-refractivity contribution in [3.63, 3.8) is 0 Å². The first-order valence-corrected chi connectivity index (χ1v) is 6.51. The average Bonchev–Trinajstić information content (AvgIpc) is 2.38. The van der Waals surface area contributed by atoms with Gasteiger partial charge in [-0.05, 0) is 37.0 Å². The maximum Gasteiger partial charge on any atom is 0.303 e. The molecule has 1 aromatic carbocycles. The van der Waals surface area contributed by atoms with Gasteiger partial charge in [0.15, 0.2) is 0 Å². The molecule has 0 unspecified atom stereocenters. The predicted octanol–water partition coefficient (Wildman–Crippen LogP) is 4.08. The van der Waals surface area contributed by atoms with E-state index in [1.807, 2.05) is 53.7 Å². The third kappa shape index (κ3) is 6.94. The van der Waals surface area contributed by atoms with Crippen LogP contribution in [0.15, 0.2) is 12.1 Å². The van der Waals surface area contributed by atoms with Gasteiger partial charge in [-0.2, -0.15) is 0 Å². The van der Waals surface area contributed by atoms with Gasteiger partial charge in [-0.1, -0.05) is 39.8 Å². The Balaban J connectivity index is 0. The monoisotopic (exact) mass is 254 g/mol. The van der Waals surface area contributed by atoms with E-state index in [1.165, 1.54) is 0 Å². The lowest BCUT2D eigenvalue weighted by molar-refractivity contribution is -0.136. The number of phenols is 1. The number of phenolic OH excluding ortho intramolecular Hbond substituents is 1. The fourth-order valence-corrected chi connectivity index (χ4v) is 1.44. The van der Waals surface area contributed by atoms with Crippen LogP contribution in [0.25, 0.3) is 0 Å². The Hall–Kier alpha value is -1.51. The fourth-order valence-electron chi connectivity index (χ4n) is 1.44. The van der Waals surface area contributed by atoms with E-state index in [0.717, 1.165) is 16.7 Å². The van der Waals surface area contributed by atoms with Crippen LogP contribution in [0, 0.1) is 13.8 Å². The number of aromatic hydroxyl groups is 1. The van der Waals surface area contributed by atoms with Gasteiger partial charge in [-0.3, -0.25) is 4.79 Å². The van der Waals surface area contributed by atoms with Crippen LogP contribution in [-0.2, 0) is 11.2 Å². The summed E-state index contributed by atoms with van der Waals surface area (Å²) in [6, 6.07) is 3.65. The standard InChI is InChI=1S/C11H14O3.2C2H6/c1-7-5-9(3-4-10(12)13)6-8(2)11(7)14;2*1-2/h5-6,14H,3-4H2,1-2H3,(H,12,13);2*1-2H3. The van der Waals surface area contributed by atoms with Crippen LogP contribution >= 0.6 is 0 Å². The highest BCUT2D eigenvalue weighted by atomic mass is 16.4. The first kappa shape index (κ1) is 18.8. The van der Waals surface area contributed by atoms with E-state index in [1.54, 1.807) is 0 Å². The van der Waals surface area contributed by atoms with Crippen LogP contribution in [0.3, 0.4) is 0 Å². The lowest BCUT2D eigenvalue weighted by atomic mass is 10.0. The molecule has 104 valence electrons. The normalized spacial score (nSPS) is 8.56. The summed E-state index contributed by atoms with van der Waals surface area (Å²) in [5.74, 6) is -0.502. The summed E-state index contributed by atoms with van der Waals surface area (Å²) < 4.78 is 0. The number of hydrogen-bond acceptors (Lipinski definition) is 2. The minimum atomic E-state index is -0.798. The molecule has 0 atom stereocenters. The molecule has 3 nitrogen and oxygen atoms in total. The van der Waals surface area contributed by atoms with Crippen molar-refractivity contribution in [1.82, 2.24) is 0 Å². The molecule has 3 heteroatoms. The third-order valence-corrected chi connectivity index (χ3v) is 2.18. The van der Waals surface area contributed by atoms with Crippen LogP contribution in [0.1, 0.15) is 50.8 Å². The predicted molar refractivity (Wildman–Crippen MR) is 76.2 cm³/mol. The van der Waals surface area contributed by atoms with Gasteiger partial charge in [0, 0.05) is 6.42 Å². The van der Waals surface area contributed by atoms with Gasteiger partial charge < -0.3 is 10.2 Å². The zero-order valence-corrected chi connectivity index (χ0v) is 12.4. The van der Waals surface area contributed by atoms with Gasteiger partial charge >= 0.3 is 5.97 Å². The van der Waals surface area contributed by atoms with E-state index < -0.39 is 5.97 Å². The van der Waals surface area contributed by atoms with Gasteiger partial charge in [0.2, 0.25) is 0 Å². The number of carboxylic acids is 1. The van der Waals surface area contributed by atoms with Crippen LogP contribution in [0.4, 0.5) is 0 Å². The number of carboxylic acid groups (broad SMARTS) is 1. The number of hydrogen-bond donors (Lipinski definition) is 2. The second kappa shape index (κ2) is 10.6. The Morgan fingerprint density at radius 1 is 1.06 bits per heavy atom. The van der Waals surface area contributed by atoms with E-state index in [2.05, 4.69) is 0 Å². The Kier molecular flexibility index (Phi) is 11.1. The van der Waals surface area contributed by atoms with Crippen molar-refractivity contribution in [3.8, 4) is 5.75 Å². The van der Waals surface area contributed by atoms with E-state index >= 15 is 0 Å². The van der Waals surface area contributed by atoms with Gasteiger partial charge in [-0.25, -0.2) is 0 Å². The summed E-state index contributed by atoms with van der Waals surface area (Å²) in [5, 5.41) is 18.0. The number of carbonyl (C=O) groups is 1. The lowest BCUT2D eigenvalue weighted by Crippen LogP contribution is -1.98. The van der Waals surface area contributed by atoms with Crippen molar-refractivity contribution in [3.05, 3.63) is 28.8 Å². The average molecular weight is 254 g/mol. The first-order valence-electron chi connectivity index (χ1n) is 6.51. The van der Waals surface area contributed by atoms with Crippen molar-refractivity contribution < 1.29 is 15.0 Å². The summed E-state index contributed by atoms with van der Waals surface area (Å²) in [7, 11) is 0. The molecule has 0 radical (unpaired) electrons. The summed E-state index contributed by atoms with van der Waals surface area (Å²) in [5.41, 5.74) is 2.55. The molecule has 0 aromatic heterocycles. The molecule has 0 saturated heterocycles. The molecule has 0 bridgehead atoms. The highest BCUT2D eigenvalue weighted by Crippen LogP contribution is 2.23. The minimum absolute atomic E-state index is 0.129. The molecule has 0 spiro atoms. The molecule has 1 rings (SSSR count). The van der Waals surface area contributed by atoms with Crippen LogP contribution < -0.4 is 0 Å². The van der Waals surface area contributed by atoms with Crippen LogP contribution in [0.5, 0.6) is 5.75 Å². The second-order valence-corrected chi connectivity index (χ2v) is 3.47. The van der Waals surface area contributed by atoms with Gasteiger partial charge in [0.05, 0.1) is 0 Å².